The zero-order valence-corrected chi connectivity index (χ0v) is 22.1. The minimum absolute atomic E-state index is 0.0650. The molecule has 3 aliphatic heterocycles. The molecule has 0 aromatic heterocycles. The van der Waals surface area contributed by atoms with E-state index in [0.717, 1.165) is 107 Å². The molecule has 2 fully saturated rings. The molecule has 2 saturated heterocycles. The second-order valence-corrected chi connectivity index (χ2v) is 10.5. The Bertz CT molecular complexity index is 1090. The number of likely N-dealkylation sites (tertiary alicyclic amines) is 1. The Labute approximate surface area is 220 Å². The third-order valence-electron chi connectivity index (χ3n) is 7.85. The summed E-state index contributed by atoms with van der Waals surface area (Å²) in [6.45, 7) is 8.32. The monoisotopic (exact) mass is 504 g/mol. The van der Waals surface area contributed by atoms with Crippen molar-refractivity contribution < 1.29 is 14.3 Å². The number of amides is 2. The first kappa shape index (κ1) is 25.6. The third-order valence-corrected chi connectivity index (χ3v) is 7.85. The van der Waals surface area contributed by atoms with Gasteiger partial charge in [-0.2, -0.15) is 0 Å². The number of unbranched alkanes of at least 4 members (excludes halogenated alkanes) is 1. The number of hydrogen-bond acceptors (Lipinski definition) is 5. The molecule has 0 bridgehead atoms. The van der Waals surface area contributed by atoms with Crippen molar-refractivity contribution in [1.82, 2.24) is 10.2 Å². The Balaban J connectivity index is 1.11. The maximum Gasteiger partial charge on any atom is 0.258 e. The third kappa shape index (κ3) is 6.09. The van der Waals surface area contributed by atoms with Gasteiger partial charge in [0.25, 0.3) is 5.91 Å². The number of benzene rings is 2. The number of nitrogens with one attached hydrogen (secondary N) is 1. The van der Waals surface area contributed by atoms with Gasteiger partial charge >= 0.3 is 0 Å². The van der Waals surface area contributed by atoms with Crippen LogP contribution in [0.25, 0.3) is 0 Å². The van der Waals surface area contributed by atoms with Gasteiger partial charge in [0.05, 0.1) is 6.61 Å². The highest BCUT2D eigenvalue weighted by molar-refractivity contribution is 6.08. The summed E-state index contributed by atoms with van der Waals surface area (Å²) >= 11 is 0. The minimum Gasteiger partial charge on any atom is -0.494 e. The van der Waals surface area contributed by atoms with Crippen molar-refractivity contribution in [2.24, 2.45) is 0 Å². The van der Waals surface area contributed by atoms with Crippen molar-refractivity contribution in [3.05, 3.63) is 53.6 Å². The molecule has 7 heteroatoms. The Kier molecular flexibility index (Phi) is 8.29. The van der Waals surface area contributed by atoms with Crippen LogP contribution in [-0.4, -0.2) is 68.6 Å². The lowest BCUT2D eigenvalue weighted by Crippen LogP contribution is -2.37. The van der Waals surface area contributed by atoms with Gasteiger partial charge in [0.1, 0.15) is 5.75 Å². The maximum atomic E-state index is 13.2. The van der Waals surface area contributed by atoms with Crippen molar-refractivity contribution in [3.63, 3.8) is 0 Å². The molecule has 2 aromatic rings. The second-order valence-electron chi connectivity index (χ2n) is 10.5. The summed E-state index contributed by atoms with van der Waals surface area (Å²) in [4.78, 5) is 31.3. The van der Waals surface area contributed by atoms with Crippen LogP contribution in [0.15, 0.2) is 42.5 Å². The molecule has 3 heterocycles. The van der Waals surface area contributed by atoms with Gasteiger partial charge in [0.2, 0.25) is 5.91 Å². The van der Waals surface area contributed by atoms with Crippen molar-refractivity contribution in [2.75, 3.05) is 55.7 Å². The SMILES string of the molecule is CCCCOc1ccc2c(c1)CCN(c1ccc(N3CCC(NCCCN4CCCC4=O)C3)cc1)C2=O. The number of rotatable bonds is 11. The highest BCUT2D eigenvalue weighted by Crippen LogP contribution is 2.29. The van der Waals surface area contributed by atoms with Crippen LogP contribution < -0.4 is 19.9 Å². The van der Waals surface area contributed by atoms with Gasteiger partial charge in [-0.25, -0.2) is 0 Å². The molecule has 198 valence electrons. The van der Waals surface area contributed by atoms with Gasteiger partial charge in [-0.1, -0.05) is 13.3 Å². The highest BCUT2D eigenvalue weighted by Gasteiger charge is 2.27. The average molecular weight is 505 g/mol. The smallest absolute Gasteiger partial charge is 0.258 e. The second kappa shape index (κ2) is 12.0. The fourth-order valence-corrected chi connectivity index (χ4v) is 5.66. The Morgan fingerprint density at radius 3 is 2.59 bits per heavy atom. The average Bonchev–Trinajstić information content (AvgIpc) is 3.56. The molecule has 0 aliphatic carbocycles. The Hall–Kier alpha value is -3.06. The van der Waals surface area contributed by atoms with Crippen LogP contribution in [-0.2, 0) is 11.2 Å². The summed E-state index contributed by atoms with van der Waals surface area (Å²) in [6.07, 6.45) is 6.84. The molecular formula is C30H40N4O3. The molecule has 3 aliphatic rings. The normalized spacial score (nSPS) is 19.6. The van der Waals surface area contributed by atoms with E-state index in [0.29, 0.717) is 18.5 Å². The van der Waals surface area contributed by atoms with Gasteiger partial charge in [0, 0.05) is 62.1 Å². The van der Waals surface area contributed by atoms with E-state index in [9.17, 15) is 9.59 Å². The molecule has 0 radical (unpaired) electrons. The summed E-state index contributed by atoms with van der Waals surface area (Å²) in [5, 5.41) is 3.67. The van der Waals surface area contributed by atoms with E-state index in [2.05, 4.69) is 41.4 Å². The van der Waals surface area contributed by atoms with Crippen molar-refractivity contribution >= 4 is 23.2 Å². The Morgan fingerprint density at radius 2 is 1.81 bits per heavy atom. The summed E-state index contributed by atoms with van der Waals surface area (Å²) in [6, 6.07) is 14.8. The summed E-state index contributed by atoms with van der Waals surface area (Å²) in [7, 11) is 0. The lowest BCUT2D eigenvalue weighted by molar-refractivity contribution is -0.127. The molecule has 0 spiro atoms. The van der Waals surface area contributed by atoms with E-state index in [4.69, 9.17) is 4.74 Å². The molecule has 1 N–H and O–H groups in total. The van der Waals surface area contributed by atoms with Crippen LogP contribution >= 0.6 is 0 Å². The van der Waals surface area contributed by atoms with Gasteiger partial charge in [-0.05, 0) is 86.7 Å². The van der Waals surface area contributed by atoms with E-state index in [-0.39, 0.29) is 5.91 Å². The fraction of sp³-hybridized carbons (Fsp3) is 0.533. The fourth-order valence-electron chi connectivity index (χ4n) is 5.66. The molecule has 0 saturated carbocycles. The molecule has 2 amide bonds. The lowest BCUT2D eigenvalue weighted by atomic mass is 9.98. The molecule has 1 atom stereocenters. The number of fused-ring (bicyclic) bond motifs is 1. The van der Waals surface area contributed by atoms with Crippen LogP contribution in [0.1, 0.15) is 61.4 Å². The number of carbonyl (C=O) groups excluding carboxylic acids is 2. The van der Waals surface area contributed by atoms with Crippen molar-refractivity contribution in [3.8, 4) is 5.75 Å². The quantitative estimate of drug-likeness (QED) is 0.464. The van der Waals surface area contributed by atoms with Gasteiger partial charge in [-0.3, -0.25) is 9.59 Å². The first-order valence-electron chi connectivity index (χ1n) is 14.1. The maximum absolute atomic E-state index is 13.2. The van der Waals surface area contributed by atoms with Crippen molar-refractivity contribution in [1.29, 1.82) is 0 Å². The molecule has 2 aromatic carbocycles. The summed E-state index contributed by atoms with van der Waals surface area (Å²) < 4.78 is 5.83. The van der Waals surface area contributed by atoms with E-state index in [1.165, 1.54) is 5.69 Å². The van der Waals surface area contributed by atoms with Gasteiger partial charge in [-0.15, -0.1) is 0 Å². The number of nitrogens with zero attached hydrogens (tertiary/aromatic N) is 3. The van der Waals surface area contributed by atoms with E-state index in [1.807, 2.05) is 28.0 Å². The minimum atomic E-state index is 0.0650. The predicted octanol–water partition coefficient (Wildman–Crippen LogP) is 4.25. The predicted molar refractivity (Wildman–Crippen MR) is 148 cm³/mol. The highest BCUT2D eigenvalue weighted by atomic mass is 16.5. The van der Waals surface area contributed by atoms with Crippen LogP contribution in [0, 0.1) is 0 Å². The zero-order valence-electron chi connectivity index (χ0n) is 22.1. The number of hydrogen-bond donors (Lipinski definition) is 1. The number of ether oxygens (including phenoxy) is 1. The molecule has 1 unspecified atom stereocenters. The number of carbonyl (C=O) groups is 2. The first-order valence-corrected chi connectivity index (χ1v) is 14.1. The van der Waals surface area contributed by atoms with E-state index in [1.54, 1.807) is 0 Å². The summed E-state index contributed by atoms with van der Waals surface area (Å²) in [5.41, 5.74) is 4.01. The largest absolute Gasteiger partial charge is 0.494 e. The van der Waals surface area contributed by atoms with Crippen molar-refractivity contribution in [2.45, 2.75) is 57.9 Å². The number of anilines is 2. The lowest BCUT2D eigenvalue weighted by Gasteiger charge is -2.29. The molecule has 7 nitrogen and oxygen atoms in total. The van der Waals surface area contributed by atoms with Crippen LogP contribution in [0.2, 0.25) is 0 Å². The molecule has 5 rings (SSSR count). The summed E-state index contributed by atoms with van der Waals surface area (Å²) in [5.74, 6) is 1.24. The van der Waals surface area contributed by atoms with Gasteiger partial charge < -0.3 is 24.8 Å². The molecule has 37 heavy (non-hydrogen) atoms. The standard InChI is InChI=1S/C30H40N4O3/c1-2-3-20-37-27-11-12-28-23(21-27)13-19-34(30(28)36)26-9-7-25(8-10-26)33-18-14-24(22-33)31-15-5-17-32-16-4-6-29(32)35/h7-12,21,24,31H,2-6,13-20,22H2,1H3. The Morgan fingerprint density at radius 1 is 0.973 bits per heavy atom. The van der Waals surface area contributed by atoms with Crippen LogP contribution in [0.4, 0.5) is 11.4 Å². The van der Waals surface area contributed by atoms with E-state index >= 15 is 0 Å². The van der Waals surface area contributed by atoms with Crippen LogP contribution in [0.3, 0.4) is 0 Å². The van der Waals surface area contributed by atoms with E-state index < -0.39 is 0 Å². The topological polar surface area (TPSA) is 65.1 Å². The first-order chi connectivity index (χ1) is 18.1. The zero-order chi connectivity index (χ0) is 25.6. The van der Waals surface area contributed by atoms with Crippen LogP contribution in [0.5, 0.6) is 5.75 Å². The van der Waals surface area contributed by atoms with Gasteiger partial charge in [0.15, 0.2) is 0 Å². The molecular weight excluding hydrogens is 464 g/mol.